The van der Waals surface area contributed by atoms with Gasteiger partial charge in [0.2, 0.25) is 0 Å². The van der Waals surface area contributed by atoms with Gasteiger partial charge in [0.05, 0.1) is 18.9 Å². The summed E-state index contributed by atoms with van der Waals surface area (Å²) in [6, 6.07) is 0.999. The molecule has 1 aromatic heterocycles. The van der Waals surface area contributed by atoms with E-state index in [0.29, 0.717) is 6.61 Å². The van der Waals surface area contributed by atoms with Crippen LogP contribution >= 0.6 is 0 Å². The summed E-state index contributed by atoms with van der Waals surface area (Å²) < 4.78 is 48.3. The Morgan fingerprint density at radius 2 is 2.15 bits per heavy atom. The van der Waals surface area contributed by atoms with Gasteiger partial charge in [0.15, 0.2) is 0 Å². The molecule has 1 aromatic rings. The maximum atomic E-state index is 12.5. The Morgan fingerprint density at radius 1 is 1.35 bits per heavy atom. The Balaban J connectivity index is 0.00000200. The van der Waals surface area contributed by atoms with Gasteiger partial charge in [0, 0.05) is 12.8 Å². The van der Waals surface area contributed by atoms with Gasteiger partial charge >= 0.3 is 58.4 Å². The number of aromatic nitrogens is 1. The van der Waals surface area contributed by atoms with Crippen LogP contribution in [0.4, 0.5) is 12.9 Å². The topological polar surface area (TPSA) is 31.4 Å². The average molecular weight is 313 g/mol. The van der Waals surface area contributed by atoms with Crippen molar-refractivity contribution < 1.29 is 73.8 Å². The van der Waals surface area contributed by atoms with Gasteiger partial charge in [-0.15, -0.1) is 0 Å². The van der Waals surface area contributed by atoms with Gasteiger partial charge in [-0.2, -0.15) is 0 Å². The largest absolute Gasteiger partial charge is 1.00 e. The van der Waals surface area contributed by atoms with Gasteiger partial charge in [-0.1, -0.05) is 5.46 Å². The maximum Gasteiger partial charge on any atom is 1.00 e. The van der Waals surface area contributed by atoms with Crippen molar-refractivity contribution in [2.75, 3.05) is 13.2 Å². The summed E-state index contributed by atoms with van der Waals surface area (Å²) in [4.78, 5) is 3.55. The predicted octanol–water partition coefficient (Wildman–Crippen LogP) is -0.522. The first-order chi connectivity index (χ1) is 9.05. The Bertz CT molecular complexity index is 414. The molecule has 3 nitrogen and oxygen atoms in total. The zero-order chi connectivity index (χ0) is 13.7. The molecule has 106 valence electrons. The molecule has 0 amide bonds. The van der Waals surface area contributed by atoms with Crippen LogP contribution in [0.15, 0.2) is 18.5 Å². The summed E-state index contributed by atoms with van der Waals surface area (Å²) in [5.74, 6) is 0.170. The summed E-state index contributed by atoms with van der Waals surface area (Å²) >= 11 is 0. The number of nitrogens with zero attached hydrogens (tertiary/aromatic N) is 1. The molecule has 1 fully saturated rings. The van der Waals surface area contributed by atoms with Crippen LogP contribution in [0.2, 0.25) is 0 Å². The van der Waals surface area contributed by atoms with Crippen molar-refractivity contribution in [1.29, 1.82) is 0 Å². The van der Waals surface area contributed by atoms with Crippen LogP contribution in [0, 0.1) is 0 Å². The van der Waals surface area contributed by atoms with Crippen LogP contribution in [0.25, 0.3) is 0 Å². The monoisotopic (exact) mass is 313 g/mol. The molecular formula is C12H16BF3KNO2. The van der Waals surface area contributed by atoms with Crippen molar-refractivity contribution in [1.82, 2.24) is 4.98 Å². The zero-order valence-corrected chi connectivity index (χ0v) is 14.7. The summed E-state index contributed by atoms with van der Waals surface area (Å²) in [6.07, 6.45) is 6.21. The maximum absolute atomic E-state index is 12.5. The fourth-order valence-electron chi connectivity index (χ4n) is 2.07. The van der Waals surface area contributed by atoms with Crippen LogP contribution in [0.3, 0.4) is 0 Å². The number of pyridine rings is 1. The first-order valence-electron chi connectivity index (χ1n) is 6.45. The van der Waals surface area contributed by atoms with E-state index >= 15 is 0 Å². The van der Waals surface area contributed by atoms with E-state index in [4.69, 9.17) is 9.47 Å². The van der Waals surface area contributed by atoms with Crippen molar-refractivity contribution in [3.8, 4) is 5.75 Å². The normalized spacial score (nSPS) is 18.6. The van der Waals surface area contributed by atoms with Crippen molar-refractivity contribution >= 4 is 12.4 Å². The fraction of sp³-hybridized carbons (Fsp3) is 0.583. The number of rotatable bonds is 6. The molecular weight excluding hydrogens is 297 g/mol. The van der Waals surface area contributed by atoms with Crippen molar-refractivity contribution in [3.05, 3.63) is 18.5 Å². The third-order valence-electron chi connectivity index (χ3n) is 3.08. The first-order valence-corrected chi connectivity index (χ1v) is 6.45. The van der Waals surface area contributed by atoms with E-state index in [-0.39, 0.29) is 63.2 Å². The molecule has 0 spiro atoms. The van der Waals surface area contributed by atoms with Crippen LogP contribution in [-0.4, -0.2) is 31.3 Å². The van der Waals surface area contributed by atoms with E-state index in [2.05, 4.69) is 4.98 Å². The summed E-state index contributed by atoms with van der Waals surface area (Å²) in [7, 11) is 0. The summed E-state index contributed by atoms with van der Waals surface area (Å²) in [5, 5.41) is 0. The Morgan fingerprint density at radius 3 is 2.80 bits per heavy atom. The van der Waals surface area contributed by atoms with Crippen LogP contribution in [-0.2, 0) is 4.74 Å². The van der Waals surface area contributed by atoms with E-state index in [9.17, 15) is 12.9 Å². The van der Waals surface area contributed by atoms with Gasteiger partial charge in [-0.3, -0.25) is 4.98 Å². The SMILES string of the molecule is F[B-](F)(F)c1cncc(OCCCC2CCCO2)c1.[K+]. The molecule has 1 aliphatic heterocycles. The Kier molecular flexibility index (Phi) is 8.07. The fourth-order valence-corrected chi connectivity index (χ4v) is 2.07. The third-order valence-corrected chi connectivity index (χ3v) is 3.08. The molecule has 1 atom stereocenters. The van der Waals surface area contributed by atoms with Crippen LogP contribution in [0.1, 0.15) is 25.7 Å². The van der Waals surface area contributed by atoms with E-state index in [1.54, 1.807) is 0 Å². The number of hydrogen-bond donors (Lipinski definition) is 0. The van der Waals surface area contributed by atoms with Crippen LogP contribution in [0.5, 0.6) is 5.75 Å². The molecule has 0 bridgehead atoms. The second-order valence-electron chi connectivity index (χ2n) is 4.65. The first kappa shape index (κ1) is 18.5. The van der Waals surface area contributed by atoms with E-state index in [1.165, 1.54) is 6.20 Å². The molecule has 1 saturated heterocycles. The molecule has 0 aliphatic carbocycles. The summed E-state index contributed by atoms with van der Waals surface area (Å²) in [6.45, 7) is -3.82. The molecule has 8 heteroatoms. The molecule has 2 heterocycles. The molecule has 1 unspecified atom stereocenters. The van der Waals surface area contributed by atoms with Crippen LogP contribution < -0.4 is 61.6 Å². The molecule has 0 saturated carbocycles. The van der Waals surface area contributed by atoms with Crippen molar-refractivity contribution in [3.63, 3.8) is 0 Å². The molecule has 0 N–H and O–H groups in total. The smallest absolute Gasteiger partial charge is 0.492 e. The van der Waals surface area contributed by atoms with E-state index < -0.39 is 12.4 Å². The van der Waals surface area contributed by atoms with Crippen molar-refractivity contribution in [2.45, 2.75) is 31.8 Å². The minimum atomic E-state index is -5.02. The number of hydrogen-bond acceptors (Lipinski definition) is 3. The molecule has 0 radical (unpaired) electrons. The Labute approximate surface area is 159 Å². The zero-order valence-electron chi connectivity index (χ0n) is 11.5. The second kappa shape index (κ2) is 8.75. The minimum absolute atomic E-state index is 0. The molecule has 1 aliphatic rings. The Hall–Kier alpha value is 0.401. The summed E-state index contributed by atoms with van der Waals surface area (Å²) in [5.41, 5.74) is -0.725. The van der Waals surface area contributed by atoms with Gasteiger partial charge in [-0.05, 0) is 31.7 Å². The van der Waals surface area contributed by atoms with Crippen molar-refractivity contribution in [2.24, 2.45) is 0 Å². The van der Waals surface area contributed by atoms with E-state index in [0.717, 1.165) is 44.6 Å². The predicted molar refractivity (Wildman–Crippen MR) is 66.7 cm³/mol. The van der Waals surface area contributed by atoms with Gasteiger partial charge in [0.25, 0.3) is 0 Å². The standard InChI is InChI=1S/C12H16BF3NO2.K/c14-13(15,16)10-7-12(9-17-8-10)19-6-2-4-11-3-1-5-18-11;/h7-9,11H,1-6H2;/q-1;+1. The molecule has 20 heavy (non-hydrogen) atoms. The number of ether oxygens (including phenoxy) is 2. The average Bonchev–Trinajstić information content (AvgIpc) is 2.87. The minimum Gasteiger partial charge on any atom is -0.492 e. The van der Waals surface area contributed by atoms with Gasteiger partial charge in [-0.25, -0.2) is 0 Å². The van der Waals surface area contributed by atoms with Gasteiger partial charge in [0.1, 0.15) is 5.75 Å². The number of halogens is 3. The quantitative estimate of drug-likeness (QED) is 0.523. The third kappa shape index (κ3) is 6.03. The molecule has 0 aromatic carbocycles. The van der Waals surface area contributed by atoms with Gasteiger partial charge < -0.3 is 22.4 Å². The molecule has 2 rings (SSSR count). The van der Waals surface area contributed by atoms with E-state index in [1.807, 2.05) is 0 Å². The second-order valence-corrected chi connectivity index (χ2v) is 4.65.